The first kappa shape index (κ1) is 17.0. The molecule has 0 aliphatic carbocycles. The third-order valence-electron chi connectivity index (χ3n) is 4.07. The number of hydrazine groups is 1. The molecule has 0 fully saturated rings. The molecule has 4 aromatic rings. The van der Waals surface area contributed by atoms with E-state index in [1.165, 1.54) is 0 Å². The van der Waals surface area contributed by atoms with Crippen LogP contribution in [0.2, 0.25) is 0 Å². The fraction of sp³-hybridized carbons (Fsp3) is 0.111. The Morgan fingerprint density at radius 1 is 1.07 bits per heavy atom. The van der Waals surface area contributed by atoms with Crippen LogP contribution in [0.4, 0.5) is 4.79 Å². The lowest BCUT2D eigenvalue weighted by Gasteiger charge is -2.08. The SMILES string of the molecule is O=C(NNC(=O)c1ccc2nsnc2c1)OCCc1c[nH]c2ccccc12. The zero-order chi connectivity index (χ0) is 18.6. The summed E-state index contributed by atoms with van der Waals surface area (Å²) in [4.78, 5) is 27.0. The van der Waals surface area contributed by atoms with Gasteiger partial charge in [-0.2, -0.15) is 8.75 Å². The van der Waals surface area contributed by atoms with Crippen molar-refractivity contribution in [2.45, 2.75) is 6.42 Å². The number of carbonyl (C=O) groups is 2. The molecule has 0 radical (unpaired) electrons. The number of hydrogen-bond donors (Lipinski definition) is 3. The van der Waals surface area contributed by atoms with Crippen LogP contribution < -0.4 is 10.9 Å². The van der Waals surface area contributed by atoms with E-state index in [1.54, 1.807) is 18.2 Å². The number of nitrogens with one attached hydrogen (secondary N) is 3. The zero-order valence-electron chi connectivity index (χ0n) is 14.1. The first-order valence-electron chi connectivity index (χ1n) is 8.21. The minimum absolute atomic E-state index is 0.194. The minimum Gasteiger partial charge on any atom is -0.448 e. The molecule has 9 heteroatoms. The van der Waals surface area contributed by atoms with Crippen molar-refractivity contribution in [1.82, 2.24) is 24.6 Å². The van der Waals surface area contributed by atoms with Crippen LogP contribution in [0.25, 0.3) is 21.9 Å². The second-order valence-electron chi connectivity index (χ2n) is 5.79. The summed E-state index contributed by atoms with van der Waals surface area (Å²) in [7, 11) is 0. The maximum atomic E-state index is 12.1. The summed E-state index contributed by atoms with van der Waals surface area (Å²) in [5.41, 5.74) is 8.38. The standard InChI is InChI=1S/C18H15N5O3S/c24-17(11-5-6-15-16(9-11)23-27-22-15)20-21-18(25)26-8-7-12-10-19-14-4-2-1-3-13(12)14/h1-6,9-10,19H,7-8H2,(H,20,24)(H,21,25). The highest BCUT2D eigenvalue weighted by Crippen LogP contribution is 2.18. The summed E-state index contributed by atoms with van der Waals surface area (Å²) in [5.74, 6) is -0.460. The number of fused-ring (bicyclic) bond motifs is 2. The van der Waals surface area contributed by atoms with Crippen LogP contribution >= 0.6 is 11.7 Å². The summed E-state index contributed by atoms with van der Waals surface area (Å²) in [6.45, 7) is 0.194. The van der Waals surface area contributed by atoms with E-state index in [4.69, 9.17) is 4.74 Å². The molecular weight excluding hydrogens is 366 g/mol. The predicted molar refractivity (Wildman–Crippen MR) is 101 cm³/mol. The number of benzene rings is 2. The molecule has 2 heterocycles. The van der Waals surface area contributed by atoms with E-state index in [2.05, 4.69) is 24.6 Å². The van der Waals surface area contributed by atoms with E-state index >= 15 is 0 Å². The van der Waals surface area contributed by atoms with Crippen LogP contribution in [-0.2, 0) is 11.2 Å². The maximum Gasteiger partial charge on any atom is 0.426 e. The van der Waals surface area contributed by atoms with Gasteiger partial charge in [0.05, 0.1) is 18.3 Å². The van der Waals surface area contributed by atoms with Crippen molar-refractivity contribution >= 4 is 45.7 Å². The first-order valence-corrected chi connectivity index (χ1v) is 8.94. The fourth-order valence-corrected chi connectivity index (χ4v) is 3.25. The molecule has 0 aliphatic heterocycles. The van der Waals surface area contributed by atoms with Gasteiger partial charge in [0, 0.05) is 29.1 Å². The summed E-state index contributed by atoms with van der Waals surface area (Å²) in [6, 6.07) is 12.8. The number of amides is 2. The Balaban J connectivity index is 1.26. The molecule has 0 unspecified atom stereocenters. The summed E-state index contributed by atoms with van der Waals surface area (Å²) < 4.78 is 13.3. The fourth-order valence-electron chi connectivity index (χ4n) is 2.73. The molecule has 2 amide bonds. The lowest BCUT2D eigenvalue weighted by atomic mass is 10.1. The van der Waals surface area contributed by atoms with Gasteiger partial charge >= 0.3 is 6.09 Å². The normalized spacial score (nSPS) is 10.8. The molecule has 4 rings (SSSR count). The number of hydrogen-bond acceptors (Lipinski definition) is 6. The monoisotopic (exact) mass is 381 g/mol. The average molecular weight is 381 g/mol. The summed E-state index contributed by atoms with van der Waals surface area (Å²) in [6.07, 6.45) is 1.75. The van der Waals surface area contributed by atoms with Gasteiger partial charge in [0.25, 0.3) is 5.91 Å². The molecule has 8 nitrogen and oxygen atoms in total. The summed E-state index contributed by atoms with van der Waals surface area (Å²) in [5, 5.41) is 1.10. The molecular formula is C18H15N5O3S. The van der Waals surface area contributed by atoms with Gasteiger partial charge in [0.15, 0.2) is 0 Å². The van der Waals surface area contributed by atoms with Gasteiger partial charge in [0.1, 0.15) is 11.0 Å². The van der Waals surface area contributed by atoms with E-state index in [0.29, 0.717) is 17.5 Å². The van der Waals surface area contributed by atoms with Gasteiger partial charge in [0.2, 0.25) is 0 Å². The van der Waals surface area contributed by atoms with Crippen LogP contribution in [0, 0.1) is 0 Å². The number of carbonyl (C=O) groups excluding carboxylic acids is 2. The van der Waals surface area contributed by atoms with Crippen molar-refractivity contribution in [2.24, 2.45) is 0 Å². The highest BCUT2D eigenvalue weighted by atomic mass is 32.1. The molecule has 0 saturated carbocycles. The van der Waals surface area contributed by atoms with Crippen molar-refractivity contribution in [2.75, 3.05) is 6.61 Å². The first-order chi connectivity index (χ1) is 13.2. The Labute approximate surface area is 157 Å². The number of aromatic amines is 1. The average Bonchev–Trinajstić information content (AvgIpc) is 3.32. The third-order valence-corrected chi connectivity index (χ3v) is 4.63. The smallest absolute Gasteiger partial charge is 0.426 e. The second-order valence-corrected chi connectivity index (χ2v) is 6.32. The van der Waals surface area contributed by atoms with Gasteiger partial charge in [-0.05, 0) is 29.8 Å². The number of rotatable bonds is 4. The predicted octanol–water partition coefficient (Wildman–Crippen LogP) is 2.79. The zero-order valence-corrected chi connectivity index (χ0v) is 14.9. The lowest BCUT2D eigenvalue weighted by Crippen LogP contribution is -2.42. The minimum atomic E-state index is -0.723. The van der Waals surface area contributed by atoms with E-state index in [-0.39, 0.29) is 6.61 Å². The molecule has 2 aromatic heterocycles. The van der Waals surface area contributed by atoms with Crippen LogP contribution in [0.5, 0.6) is 0 Å². The van der Waals surface area contributed by atoms with Crippen LogP contribution in [0.15, 0.2) is 48.7 Å². The van der Waals surface area contributed by atoms with Crippen molar-refractivity contribution in [3.63, 3.8) is 0 Å². The Morgan fingerprint density at radius 2 is 1.93 bits per heavy atom. The largest absolute Gasteiger partial charge is 0.448 e. The molecule has 0 bridgehead atoms. The van der Waals surface area contributed by atoms with Crippen molar-refractivity contribution < 1.29 is 14.3 Å². The van der Waals surface area contributed by atoms with Crippen LogP contribution in [-0.4, -0.2) is 32.3 Å². The number of para-hydroxylation sites is 1. The van der Waals surface area contributed by atoms with E-state index in [9.17, 15) is 9.59 Å². The third kappa shape index (κ3) is 3.72. The van der Waals surface area contributed by atoms with Gasteiger partial charge < -0.3 is 9.72 Å². The lowest BCUT2D eigenvalue weighted by molar-refractivity contribution is 0.0910. The Morgan fingerprint density at radius 3 is 2.85 bits per heavy atom. The Hall–Kier alpha value is -3.46. The van der Waals surface area contributed by atoms with Gasteiger partial charge in [-0.3, -0.25) is 10.2 Å². The Kier molecular flexibility index (Phi) is 4.67. The Bertz CT molecular complexity index is 1120. The van der Waals surface area contributed by atoms with Crippen molar-refractivity contribution in [1.29, 1.82) is 0 Å². The van der Waals surface area contributed by atoms with Crippen molar-refractivity contribution in [3.05, 3.63) is 59.8 Å². The summed E-state index contributed by atoms with van der Waals surface area (Å²) >= 11 is 1.08. The second kappa shape index (κ2) is 7.42. The maximum absolute atomic E-state index is 12.1. The van der Waals surface area contributed by atoms with E-state index < -0.39 is 12.0 Å². The van der Waals surface area contributed by atoms with Crippen molar-refractivity contribution in [3.8, 4) is 0 Å². The molecule has 0 spiro atoms. The molecule has 0 aliphatic rings. The van der Waals surface area contributed by atoms with E-state index in [0.717, 1.165) is 33.7 Å². The molecule has 0 saturated heterocycles. The highest BCUT2D eigenvalue weighted by Gasteiger charge is 2.10. The van der Waals surface area contributed by atoms with E-state index in [1.807, 2.05) is 30.5 Å². The van der Waals surface area contributed by atoms with Crippen LogP contribution in [0.1, 0.15) is 15.9 Å². The topological polar surface area (TPSA) is 109 Å². The number of ether oxygens (including phenoxy) is 1. The number of aromatic nitrogens is 3. The number of H-pyrrole nitrogens is 1. The quantitative estimate of drug-likeness (QED) is 0.471. The molecule has 27 heavy (non-hydrogen) atoms. The van der Waals surface area contributed by atoms with Gasteiger partial charge in [-0.1, -0.05) is 18.2 Å². The van der Waals surface area contributed by atoms with Crippen LogP contribution in [0.3, 0.4) is 0 Å². The highest BCUT2D eigenvalue weighted by molar-refractivity contribution is 7.00. The molecule has 2 aromatic carbocycles. The van der Waals surface area contributed by atoms with Gasteiger partial charge in [-0.15, -0.1) is 0 Å². The molecule has 0 atom stereocenters. The number of nitrogens with zero attached hydrogens (tertiary/aromatic N) is 2. The molecule has 3 N–H and O–H groups in total. The molecule has 136 valence electrons. The van der Waals surface area contributed by atoms with Gasteiger partial charge in [-0.25, -0.2) is 10.2 Å².